The number of rotatable bonds is 13. The van der Waals surface area contributed by atoms with Crippen molar-refractivity contribution in [1.29, 1.82) is 0 Å². The zero-order valence-electron chi connectivity index (χ0n) is 15.4. The fourth-order valence-electron chi connectivity index (χ4n) is 4.27. The third-order valence-electron chi connectivity index (χ3n) is 5.52. The van der Waals surface area contributed by atoms with Gasteiger partial charge in [0.05, 0.1) is 25.3 Å². The van der Waals surface area contributed by atoms with Crippen molar-refractivity contribution in [2.45, 2.75) is 64.3 Å². The minimum atomic E-state index is -1.29. The Balaban J connectivity index is 0. The first kappa shape index (κ1) is 24.4. The van der Waals surface area contributed by atoms with Gasteiger partial charge in [0.1, 0.15) is 8.07 Å². The van der Waals surface area contributed by atoms with Gasteiger partial charge in [-0.15, -0.1) is 0 Å². The van der Waals surface area contributed by atoms with Crippen LogP contribution in [0, 0.1) is 0 Å². The summed E-state index contributed by atoms with van der Waals surface area (Å²) in [5.74, 6) is 0. The van der Waals surface area contributed by atoms with E-state index >= 15 is 0 Å². The van der Waals surface area contributed by atoms with Crippen molar-refractivity contribution in [3.8, 4) is 0 Å². The van der Waals surface area contributed by atoms with Crippen LogP contribution in [0.2, 0.25) is 18.1 Å². The van der Waals surface area contributed by atoms with Crippen molar-refractivity contribution in [3.05, 3.63) is 38.0 Å². The lowest BCUT2D eigenvalue weighted by molar-refractivity contribution is -0.925. The van der Waals surface area contributed by atoms with Gasteiger partial charge in [0.15, 0.2) is 0 Å². The van der Waals surface area contributed by atoms with E-state index in [1.54, 1.807) is 0 Å². The number of hydrogen-bond acceptors (Lipinski definition) is 0. The summed E-state index contributed by atoms with van der Waals surface area (Å²) in [6.45, 7) is 24.8. The molecule has 0 bridgehead atoms. The second-order valence-corrected chi connectivity index (χ2v) is 11.9. The van der Waals surface area contributed by atoms with E-state index in [1.807, 2.05) is 0 Å². The lowest BCUT2D eigenvalue weighted by Gasteiger charge is -2.51. The van der Waals surface area contributed by atoms with Crippen LogP contribution in [0.1, 0.15) is 40.5 Å². The highest BCUT2D eigenvalue weighted by Gasteiger charge is 2.47. The van der Waals surface area contributed by atoms with Crippen LogP contribution in [0.4, 0.5) is 0 Å². The highest BCUT2D eigenvalue weighted by Crippen LogP contribution is 2.35. The molecule has 0 amide bonds. The zero-order valence-corrected chi connectivity index (χ0v) is 18.6. The van der Waals surface area contributed by atoms with Gasteiger partial charge in [0.25, 0.3) is 0 Å². The highest BCUT2D eigenvalue weighted by atomic mass is 127. The van der Waals surface area contributed by atoms with E-state index in [9.17, 15) is 0 Å². The Kier molecular flexibility index (Phi) is 13.9. The molecule has 0 saturated heterocycles. The van der Waals surface area contributed by atoms with E-state index in [0.717, 1.165) is 29.8 Å². The average molecular weight is 436 g/mol. The van der Waals surface area contributed by atoms with E-state index in [2.05, 4.69) is 65.7 Å². The molecule has 0 aliphatic rings. The predicted octanol–water partition coefficient (Wildman–Crippen LogP) is 2.58. The van der Waals surface area contributed by atoms with Crippen LogP contribution in [0.3, 0.4) is 0 Å². The van der Waals surface area contributed by atoms with Crippen molar-refractivity contribution in [2.24, 2.45) is 0 Å². The van der Waals surface area contributed by atoms with Crippen LogP contribution in [0.25, 0.3) is 0 Å². The van der Waals surface area contributed by atoms with Gasteiger partial charge in [-0.05, 0) is 24.6 Å². The first-order chi connectivity index (χ1) is 10.1. The van der Waals surface area contributed by atoms with Crippen molar-refractivity contribution in [1.82, 2.24) is 0 Å². The van der Waals surface area contributed by atoms with Crippen LogP contribution < -0.4 is 24.0 Å². The summed E-state index contributed by atoms with van der Waals surface area (Å²) >= 11 is 0. The standard InChI is InChI=1S/C19H38NSi.HI/c1-8-15-19(21(12-5,13-6)14-7)20(16-9-2,17-10-3)18-11-4;/h9-11,19H,2-4,8,12-18H2,1,5-7H3;1H/q+1;/p-1. The number of quaternary nitrogens is 1. The van der Waals surface area contributed by atoms with Gasteiger partial charge >= 0.3 is 0 Å². The fraction of sp³-hybridized carbons (Fsp3) is 0.684. The Hall–Kier alpha value is 0.127. The summed E-state index contributed by atoms with van der Waals surface area (Å²) in [5, 5.41) is 0. The van der Waals surface area contributed by atoms with E-state index in [0.29, 0.717) is 0 Å². The third kappa shape index (κ3) is 5.64. The summed E-state index contributed by atoms with van der Waals surface area (Å²) in [7, 11) is -1.29. The number of halogens is 1. The summed E-state index contributed by atoms with van der Waals surface area (Å²) in [4.78, 5) is 0. The van der Waals surface area contributed by atoms with Crippen LogP contribution in [-0.4, -0.2) is 37.9 Å². The maximum atomic E-state index is 4.04. The molecule has 0 aromatic heterocycles. The lowest BCUT2D eigenvalue weighted by atomic mass is 10.2. The first-order valence-corrected chi connectivity index (χ1v) is 11.4. The molecule has 0 heterocycles. The van der Waals surface area contributed by atoms with Crippen molar-refractivity contribution >= 4 is 8.07 Å². The minimum absolute atomic E-state index is 0. The molecule has 130 valence electrons. The normalized spacial score (nSPS) is 13.1. The predicted molar refractivity (Wildman–Crippen MR) is 101 cm³/mol. The molecular weight excluding hydrogens is 397 g/mol. The second-order valence-electron chi connectivity index (χ2n) is 6.36. The molecule has 0 aromatic carbocycles. The average Bonchev–Trinajstić information content (AvgIpc) is 2.49. The van der Waals surface area contributed by atoms with Crippen molar-refractivity contribution in [3.63, 3.8) is 0 Å². The molecule has 1 atom stereocenters. The molecule has 0 spiro atoms. The van der Waals surface area contributed by atoms with Crippen LogP contribution in [0.15, 0.2) is 38.0 Å². The minimum Gasteiger partial charge on any atom is -1.00 e. The molecule has 22 heavy (non-hydrogen) atoms. The van der Waals surface area contributed by atoms with Gasteiger partial charge < -0.3 is 28.5 Å². The van der Waals surface area contributed by atoms with Gasteiger partial charge in [0.2, 0.25) is 0 Å². The SMILES string of the molecule is C=CC[N+](CC=C)(CC=C)C(CCC)[Si](CC)(CC)CC.[I-]. The molecule has 0 fully saturated rings. The highest BCUT2D eigenvalue weighted by molar-refractivity contribution is 6.80. The summed E-state index contributed by atoms with van der Waals surface area (Å²) in [6, 6.07) is 4.16. The van der Waals surface area contributed by atoms with Crippen molar-refractivity contribution in [2.75, 3.05) is 19.6 Å². The number of nitrogens with zero attached hydrogens (tertiary/aromatic N) is 1. The molecule has 0 N–H and O–H groups in total. The van der Waals surface area contributed by atoms with Gasteiger partial charge in [-0.2, -0.15) is 0 Å². The topological polar surface area (TPSA) is 0 Å². The van der Waals surface area contributed by atoms with Crippen LogP contribution in [0.5, 0.6) is 0 Å². The van der Waals surface area contributed by atoms with E-state index in [-0.39, 0.29) is 24.0 Å². The molecule has 0 saturated carbocycles. The maximum absolute atomic E-state index is 4.04. The molecule has 0 aromatic rings. The molecule has 0 rings (SSSR count). The third-order valence-corrected chi connectivity index (χ3v) is 12.0. The van der Waals surface area contributed by atoms with E-state index in [1.165, 1.54) is 31.0 Å². The van der Waals surface area contributed by atoms with E-state index < -0.39 is 8.07 Å². The smallest absolute Gasteiger partial charge is 0.123 e. The molecule has 1 unspecified atom stereocenters. The van der Waals surface area contributed by atoms with Gasteiger partial charge in [-0.25, -0.2) is 0 Å². The Labute approximate surface area is 158 Å². The van der Waals surface area contributed by atoms with Gasteiger partial charge in [-0.3, -0.25) is 0 Å². The Morgan fingerprint density at radius 1 is 0.818 bits per heavy atom. The molecular formula is C19H38INSi. The quantitative estimate of drug-likeness (QED) is 0.181. The maximum Gasteiger partial charge on any atom is 0.123 e. The number of hydrogen-bond donors (Lipinski definition) is 0. The summed E-state index contributed by atoms with van der Waals surface area (Å²) < 4.78 is 1.10. The molecule has 3 heteroatoms. The van der Waals surface area contributed by atoms with Crippen LogP contribution in [-0.2, 0) is 0 Å². The Bertz CT molecular complexity index is 289. The molecule has 0 aliphatic heterocycles. The lowest BCUT2D eigenvalue weighted by Crippen LogP contribution is -3.00. The fourth-order valence-corrected chi connectivity index (χ4v) is 9.56. The Morgan fingerprint density at radius 2 is 1.18 bits per heavy atom. The Morgan fingerprint density at radius 3 is 1.41 bits per heavy atom. The zero-order chi connectivity index (χ0) is 16.4. The molecule has 0 radical (unpaired) electrons. The van der Waals surface area contributed by atoms with Crippen LogP contribution >= 0.6 is 0 Å². The van der Waals surface area contributed by atoms with E-state index in [4.69, 9.17) is 0 Å². The van der Waals surface area contributed by atoms with Crippen molar-refractivity contribution < 1.29 is 28.5 Å². The van der Waals surface area contributed by atoms with Gasteiger partial charge in [-0.1, -0.05) is 72.0 Å². The second kappa shape index (κ2) is 12.5. The molecule has 1 nitrogen and oxygen atoms in total. The van der Waals surface area contributed by atoms with Gasteiger partial charge in [0, 0.05) is 0 Å². The monoisotopic (exact) mass is 435 g/mol. The largest absolute Gasteiger partial charge is 1.00 e. The molecule has 0 aliphatic carbocycles. The first-order valence-electron chi connectivity index (χ1n) is 8.74. The summed E-state index contributed by atoms with van der Waals surface area (Å²) in [5.41, 5.74) is 0.788. The summed E-state index contributed by atoms with van der Waals surface area (Å²) in [6.07, 6.45) is 8.92.